The summed E-state index contributed by atoms with van der Waals surface area (Å²) < 4.78 is 0. The Balaban J connectivity index is 0. The third-order valence-corrected chi connectivity index (χ3v) is 1.47. The molecule has 0 spiro atoms. The van der Waals surface area contributed by atoms with Gasteiger partial charge in [0.1, 0.15) is 0 Å². The van der Waals surface area contributed by atoms with Crippen molar-refractivity contribution in [2.75, 3.05) is 6.54 Å². The molecule has 0 amide bonds. The molecule has 0 bridgehead atoms. The Morgan fingerprint density at radius 2 is 1.80 bits per heavy atom. The molecule has 15 heavy (non-hydrogen) atoms. The molecule has 0 radical (unpaired) electrons. The van der Waals surface area contributed by atoms with Crippen LogP contribution in [0.15, 0.2) is 12.2 Å². The zero-order valence-corrected chi connectivity index (χ0v) is 9.03. The van der Waals surface area contributed by atoms with E-state index in [-0.39, 0.29) is 5.57 Å². The number of rotatable bonds is 6. The van der Waals surface area contributed by atoms with Gasteiger partial charge in [-0.05, 0) is 13.0 Å². The standard InChI is InChI=1S/C5H13N.C5H6O4/c1-2-3-4-5-6;1-3(5(8)9)2-4(6)7/h2-6H2,1H3;1-2H2,(H,6,7)(H,8,9). The molecule has 0 heterocycles. The van der Waals surface area contributed by atoms with Crippen molar-refractivity contribution in [2.45, 2.75) is 32.6 Å². The number of hydrogen-bond acceptors (Lipinski definition) is 3. The van der Waals surface area contributed by atoms with Crippen LogP contribution in [0.2, 0.25) is 0 Å². The first kappa shape index (κ1) is 16.1. The normalized spacial score (nSPS) is 8.67. The zero-order chi connectivity index (χ0) is 12.3. The summed E-state index contributed by atoms with van der Waals surface area (Å²) in [5, 5.41) is 16.1. The van der Waals surface area contributed by atoms with E-state index in [0.29, 0.717) is 0 Å². The highest BCUT2D eigenvalue weighted by molar-refractivity contribution is 5.91. The first-order chi connectivity index (χ1) is 6.95. The van der Waals surface area contributed by atoms with Crippen LogP contribution in [0.1, 0.15) is 32.6 Å². The van der Waals surface area contributed by atoms with Crippen LogP contribution in [0.3, 0.4) is 0 Å². The van der Waals surface area contributed by atoms with Crippen LogP contribution in [0, 0.1) is 0 Å². The lowest BCUT2D eigenvalue weighted by atomic mass is 10.2. The Hall–Kier alpha value is -1.36. The second-order valence-electron chi connectivity index (χ2n) is 2.98. The first-order valence-electron chi connectivity index (χ1n) is 4.78. The van der Waals surface area contributed by atoms with Crippen LogP contribution in [-0.2, 0) is 9.59 Å². The number of nitrogens with two attached hydrogens (primary N) is 1. The number of unbranched alkanes of at least 4 members (excludes halogenated alkanes) is 2. The van der Waals surface area contributed by atoms with Gasteiger partial charge in [-0.25, -0.2) is 4.79 Å². The van der Waals surface area contributed by atoms with Crippen LogP contribution >= 0.6 is 0 Å². The maximum Gasteiger partial charge on any atom is 0.331 e. The molecule has 0 aromatic rings. The van der Waals surface area contributed by atoms with Crippen molar-refractivity contribution in [1.82, 2.24) is 0 Å². The highest BCUT2D eigenvalue weighted by Crippen LogP contribution is 1.95. The van der Waals surface area contributed by atoms with Crippen LogP contribution in [-0.4, -0.2) is 28.7 Å². The predicted molar refractivity (Wildman–Crippen MR) is 57.6 cm³/mol. The van der Waals surface area contributed by atoms with Crippen LogP contribution in [0.4, 0.5) is 0 Å². The molecule has 0 fully saturated rings. The molecular weight excluding hydrogens is 198 g/mol. The maximum atomic E-state index is 9.87. The van der Waals surface area contributed by atoms with Gasteiger partial charge in [-0.2, -0.15) is 0 Å². The molecule has 0 saturated carbocycles. The monoisotopic (exact) mass is 217 g/mol. The summed E-state index contributed by atoms with van der Waals surface area (Å²) in [6.07, 6.45) is 3.25. The van der Waals surface area contributed by atoms with E-state index in [1.54, 1.807) is 0 Å². The fourth-order valence-electron chi connectivity index (χ4n) is 0.652. The summed E-state index contributed by atoms with van der Waals surface area (Å²) in [5.41, 5.74) is 4.91. The minimum Gasteiger partial charge on any atom is -0.481 e. The third-order valence-electron chi connectivity index (χ3n) is 1.47. The minimum atomic E-state index is -1.27. The Bertz CT molecular complexity index is 209. The Morgan fingerprint density at radius 1 is 1.27 bits per heavy atom. The smallest absolute Gasteiger partial charge is 0.331 e. The molecule has 5 heteroatoms. The largest absolute Gasteiger partial charge is 0.481 e. The fourth-order valence-corrected chi connectivity index (χ4v) is 0.652. The van der Waals surface area contributed by atoms with E-state index in [2.05, 4.69) is 13.5 Å². The summed E-state index contributed by atoms with van der Waals surface area (Å²) in [5.74, 6) is -2.44. The van der Waals surface area contributed by atoms with E-state index in [1.165, 1.54) is 19.3 Å². The highest BCUT2D eigenvalue weighted by atomic mass is 16.4. The average molecular weight is 217 g/mol. The second kappa shape index (κ2) is 10.7. The quantitative estimate of drug-likeness (QED) is 0.459. The number of carboxylic acids is 2. The van der Waals surface area contributed by atoms with Crippen molar-refractivity contribution >= 4 is 11.9 Å². The summed E-state index contributed by atoms with van der Waals surface area (Å²) in [6, 6.07) is 0. The average Bonchev–Trinajstić information content (AvgIpc) is 2.14. The van der Waals surface area contributed by atoms with Gasteiger partial charge in [0.2, 0.25) is 0 Å². The third kappa shape index (κ3) is 15.4. The number of carbonyl (C=O) groups is 2. The van der Waals surface area contributed by atoms with Crippen molar-refractivity contribution in [2.24, 2.45) is 5.73 Å². The first-order valence-corrected chi connectivity index (χ1v) is 4.78. The lowest BCUT2D eigenvalue weighted by Crippen LogP contribution is -2.04. The van der Waals surface area contributed by atoms with E-state index in [0.717, 1.165) is 6.54 Å². The van der Waals surface area contributed by atoms with Gasteiger partial charge in [-0.3, -0.25) is 4.79 Å². The summed E-state index contributed by atoms with van der Waals surface area (Å²) in [7, 11) is 0. The number of hydrogen-bond donors (Lipinski definition) is 3. The van der Waals surface area contributed by atoms with Crippen LogP contribution in [0.5, 0.6) is 0 Å². The van der Waals surface area contributed by atoms with E-state index in [9.17, 15) is 9.59 Å². The molecule has 0 aromatic heterocycles. The molecule has 4 N–H and O–H groups in total. The summed E-state index contributed by atoms with van der Waals surface area (Å²) in [4.78, 5) is 19.7. The maximum absolute atomic E-state index is 9.87. The van der Waals surface area contributed by atoms with Crippen molar-refractivity contribution in [3.05, 3.63) is 12.2 Å². The topological polar surface area (TPSA) is 101 Å². The molecule has 0 unspecified atom stereocenters. The fraction of sp³-hybridized carbons (Fsp3) is 0.600. The molecule has 5 nitrogen and oxygen atoms in total. The van der Waals surface area contributed by atoms with E-state index in [1.807, 2.05) is 0 Å². The van der Waals surface area contributed by atoms with Gasteiger partial charge in [0, 0.05) is 5.57 Å². The van der Waals surface area contributed by atoms with E-state index in [4.69, 9.17) is 15.9 Å². The number of carboxylic acid groups (broad SMARTS) is 2. The van der Waals surface area contributed by atoms with E-state index < -0.39 is 18.4 Å². The number of aliphatic carboxylic acids is 2. The van der Waals surface area contributed by atoms with Crippen molar-refractivity contribution < 1.29 is 19.8 Å². The van der Waals surface area contributed by atoms with Gasteiger partial charge in [-0.1, -0.05) is 26.3 Å². The van der Waals surface area contributed by atoms with Crippen molar-refractivity contribution in [3.8, 4) is 0 Å². The predicted octanol–water partition coefficient (Wildman–Crippen LogP) is 1.24. The van der Waals surface area contributed by atoms with Gasteiger partial charge >= 0.3 is 11.9 Å². The van der Waals surface area contributed by atoms with Gasteiger partial charge < -0.3 is 15.9 Å². The second-order valence-corrected chi connectivity index (χ2v) is 2.98. The Kier molecular flexibility index (Phi) is 11.5. The Labute approximate surface area is 89.6 Å². The molecule has 0 aromatic carbocycles. The van der Waals surface area contributed by atoms with Gasteiger partial charge in [0.15, 0.2) is 0 Å². The molecule has 0 saturated heterocycles. The molecule has 0 rings (SSSR count). The van der Waals surface area contributed by atoms with Gasteiger partial charge in [-0.15, -0.1) is 0 Å². The van der Waals surface area contributed by atoms with E-state index >= 15 is 0 Å². The SMILES string of the molecule is C=C(CC(=O)O)C(=O)O.CCCCCN. The zero-order valence-electron chi connectivity index (χ0n) is 9.03. The molecular formula is C10H19NO4. The lowest BCUT2D eigenvalue weighted by Gasteiger charge is -1.91. The lowest BCUT2D eigenvalue weighted by molar-refractivity contribution is -0.139. The summed E-state index contributed by atoms with van der Waals surface area (Å²) >= 11 is 0. The van der Waals surface area contributed by atoms with Gasteiger partial charge in [0.05, 0.1) is 6.42 Å². The molecule has 88 valence electrons. The molecule has 0 atom stereocenters. The van der Waals surface area contributed by atoms with Crippen molar-refractivity contribution in [1.29, 1.82) is 0 Å². The molecule has 0 aliphatic carbocycles. The van der Waals surface area contributed by atoms with Gasteiger partial charge in [0.25, 0.3) is 0 Å². The summed E-state index contributed by atoms with van der Waals surface area (Å²) in [6.45, 7) is 6.05. The highest BCUT2D eigenvalue weighted by Gasteiger charge is 2.07. The minimum absolute atomic E-state index is 0.303. The van der Waals surface area contributed by atoms with Crippen LogP contribution in [0.25, 0.3) is 0 Å². The van der Waals surface area contributed by atoms with Crippen LogP contribution < -0.4 is 5.73 Å². The Morgan fingerprint density at radius 3 is 1.93 bits per heavy atom. The molecule has 0 aliphatic heterocycles. The molecule has 0 aliphatic rings. The van der Waals surface area contributed by atoms with Crippen molar-refractivity contribution in [3.63, 3.8) is 0 Å².